The zero-order valence-corrected chi connectivity index (χ0v) is 27.1. The maximum atomic E-state index is 14.8. The summed E-state index contributed by atoms with van der Waals surface area (Å²) in [6.45, 7) is 9.15. The Bertz CT molecular complexity index is 2070. The predicted molar refractivity (Wildman–Crippen MR) is 194 cm³/mol. The molecule has 47 heavy (non-hydrogen) atoms. The smallest absolute Gasteiger partial charge is 0.125 e. The number of aromatic amines is 2. The summed E-state index contributed by atoms with van der Waals surface area (Å²) in [6.07, 6.45) is 7.95. The number of aromatic nitrogens is 4. The molecule has 3 aromatic carbocycles. The Morgan fingerprint density at radius 1 is 0.957 bits per heavy atom. The molecule has 0 atom stereocenters. The van der Waals surface area contributed by atoms with E-state index in [1.807, 2.05) is 45.3 Å². The van der Waals surface area contributed by atoms with Crippen LogP contribution in [0, 0.1) is 5.82 Å². The number of hydrogen-bond acceptors (Lipinski definition) is 5. The average Bonchev–Trinajstić information content (AvgIpc) is 3.70. The monoisotopic (exact) mass is 625 g/mol. The molecule has 6 rings (SSSR count). The maximum absolute atomic E-state index is 14.8. The number of nitrogens with one attached hydrogen (secondary N) is 4. The third-order valence-electron chi connectivity index (χ3n) is 8.17. The second kappa shape index (κ2) is 14.4. The van der Waals surface area contributed by atoms with E-state index in [9.17, 15) is 4.39 Å². The molecule has 0 aliphatic carbocycles. The molecule has 0 saturated heterocycles. The molecule has 0 fully saturated rings. The van der Waals surface area contributed by atoms with Crippen LogP contribution in [0.3, 0.4) is 0 Å². The van der Waals surface area contributed by atoms with Gasteiger partial charge in [0.25, 0.3) is 0 Å². The lowest BCUT2D eigenvalue weighted by atomic mass is 10.00. The summed E-state index contributed by atoms with van der Waals surface area (Å²) >= 11 is 0. The summed E-state index contributed by atoms with van der Waals surface area (Å²) in [6, 6.07) is 25.7. The molecule has 0 radical (unpaired) electrons. The van der Waals surface area contributed by atoms with Crippen LogP contribution >= 0.6 is 0 Å². The van der Waals surface area contributed by atoms with Gasteiger partial charge in [-0.2, -0.15) is 5.10 Å². The van der Waals surface area contributed by atoms with Crippen molar-refractivity contribution < 1.29 is 4.39 Å². The van der Waals surface area contributed by atoms with Crippen molar-refractivity contribution in [3.05, 3.63) is 132 Å². The summed E-state index contributed by atoms with van der Waals surface area (Å²) in [5, 5.41) is 16.6. The van der Waals surface area contributed by atoms with Crippen molar-refractivity contribution in [1.29, 1.82) is 0 Å². The van der Waals surface area contributed by atoms with Gasteiger partial charge in [-0.3, -0.25) is 10.1 Å². The standard InChI is InChI=1S/C39H40FN7/c1-5-26(24-41-25-27-10-8-7-9-11-27)18-28(6-2)29-12-13-36-33(21-29)39(46-45-36)37-23-34-35(44-37)14-15-43-38(34)30-19-31(40)22-32(20-30)42-16-17-47(3)4/h5-15,18-23,41-42,44H,1,16-17,24-25H2,2-4H3,(H,45,46)/b26-18+,28-6+. The minimum atomic E-state index is -0.310. The second-order valence-electron chi connectivity index (χ2n) is 11.9. The summed E-state index contributed by atoms with van der Waals surface area (Å²) in [7, 11) is 4.02. The van der Waals surface area contributed by atoms with E-state index >= 15 is 0 Å². The second-order valence-corrected chi connectivity index (χ2v) is 11.9. The van der Waals surface area contributed by atoms with Crippen LogP contribution in [0.15, 0.2) is 115 Å². The topological polar surface area (TPSA) is 84.7 Å². The Kier molecular flexibility index (Phi) is 9.71. The molecule has 238 valence electrons. The zero-order valence-electron chi connectivity index (χ0n) is 27.1. The number of anilines is 1. The van der Waals surface area contributed by atoms with E-state index in [2.05, 4.69) is 97.9 Å². The number of pyridine rings is 1. The van der Waals surface area contributed by atoms with E-state index in [0.717, 1.165) is 68.7 Å². The quantitative estimate of drug-likeness (QED) is 0.0973. The van der Waals surface area contributed by atoms with Gasteiger partial charge in [0.1, 0.15) is 11.5 Å². The largest absolute Gasteiger partial charge is 0.384 e. The van der Waals surface area contributed by atoms with Crippen molar-refractivity contribution in [2.45, 2.75) is 13.5 Å². The van der Waals surface area contributed by atoms with Crippen LogP contribution in [0.2, 0.25) is 0 Å². The number of benzene rings is 3. The first-order valence-electron chi connectivity index (χ1n) is 15.8. The number of rotatable bonds is 13. The van der Waals surface area contributed by atoms with Gasteiger partial charge < -0.3 is 20.5 Å². The molecule has 0 spiro atoms. The van der Waals surface area contributed by atoms with Gasteiger partial charge >= 0.3 is 0 Å². The number of nitrogens with zero attached hydrogens (tertiary/aromatic N) is 3. The molecule has 0 amide bonds. The van der Waals surface area contributed by atoms with Crippen LogP contribution < -0.4 is 10.6 Å². The molecule has 0 aliphatic rings. The lowest BCUT2D eigenvalue weighted by Gasteiger charge is -2.12. The third-order valence-corrected chi connectivity index (χ3v) is 8.17. The highest BCUT2D eigenvalue weighted by Crippen LogP contribution is 2.35. The average molecular weight is 626 g/mol. The molecule has 0 bridgehead atoms. The van der Waals surface area contributed by atoms with Gasteiger partial charge in [0.2, 0.25) is 0 Å². The van der Waals surface area contributed by atoms with Gasteiger partial charge in [0, 0.05) is 59.9 Å². The van der Waals surface area contributed by atoms with E-state index in [1.54, 1.807) is 6.20 Å². The number of allylic oxidation sites excluding steroid dienone is 3. The minimum Gasteiger partial charge on any atom is -0.384 e. The highest BCUT2D eigenvalue weighted by Gasteiger charge is 2.16. The Hall–Kier alpha value is -5.31. The lowest BCUT2D eigenvalue weighted by molar-refractivity contribution is 0.425. The van der Waals surface area contributed by atoms with Crippen molar-refractivity contribution in [3.8, 4) is 22.6 Å². The van der Waals surface area contributed by atoms with Gasteiger partial charge in [-0.25, -0.2) is 4.39 Å². The van der Waals surface area contributed by atoms with Crippen LogP contribution in [-0.4, -0.2) is 58.8 Å². The van der Waals surface area contributed by atoms with Crippen LogP contribution in [0.25, 0.3) is 50.0 Å². The number of halogens is 1. The SMILES string of the molecule is C=C/C(=C\C(=C/C)c1ccc2[nH]nc(-c3cc4c(-c5cc(F)cc(NCCN(C)C)c5)nccc4[nH]3)c2c1)CNCc1ccccc1. The van der Waals surface area contributed by atoms with E-state index in [4.69, 9.17) is 5.10 Å². The fraction of sp³-hybridized carbons (Fsp3) is 0.179. The Morgan fingerprint density at radius 3 is 2.57 bits per heavy atom. The molecule has 3 heterocycles. The van der Waals surface area contributed by atoms with Crippen molar-refractivity contribution in [1.82, 2.24) is 30.4 Å². The zero-order chi connectivity index (χ0) is 32.8. The van der Waals surface area contributed by atoms with E-state index < -0.39 is 0 Å². The van der Waals surface area contributed by atoms with Gasteiger partial charge in [0.05, 0.1) is 16.9 Å². The van der Waals surface area contributed by atoms with Gasteiger partial charge in [0.15, 0.2) is 0 Å². The maximum Gasteiger partial charge on any atom is 0.125 e. The first kappa shape index (κ1) is 31.7. The van der Waals surface area contributed by atoms with Crippen LogP contribution in [0.1, 0.15) is 18.1 Å². The third kappa shape index (κ3) is 7.41. The van der Waals surface area contributed by atoms with Crippen LogP contribution in [0.4, 0.5) is 10.1 Å². The van der Waals surface area contributed by atoms with Crippen LogP contribution in [0.5, 0.6) is 0 Å². The highest BCUT2D eigenvalue weighted by molar-refractivity contribution is 6.01. The molecule has 3 aromatic heterocycles. The Labute approximate surface area is 274 Å². The lowest BCUT2D eigenvalue weighted by Crippen LogP contribution is -2.20. The normalized spacial score (nSPS) is 12.4. The predicted octanol–water partition coefficient (Wildman–Crippen LogP) is 8.19. The van der Waals surface area contributed by atoms with Crippen molar-refractivity contribution >= 4 is 33.1 Å². The van der Waals surface area contributed by atoms with Gasteiger partial charge in [-0.15, -0.1) is 0 Å². The molecule has 0 unspecified atom stereocenters. The number of hydrogen-bond donors (Lipinski definition) is 4. The molecule has 0 saturated carbocycles. The van der Waals surface area contributed by atoms with Crippen molar-refractivity contribution in [3.63, 3.8) is 0 Å². The number of H-pyrrole nitrogens is 2. The summed E-state index contributed by atoms with van der Waals surface area (Å²) in [5.74, 6) is -0.310. The minimum absolute atomic E-state index is 0.310. The highest BCUT2D eigenvalue weighted by atomic mass is 19.1. The van der Waals surface area contributed by atoms with E-state index in [0.29, 0.717) is 24.3 Å². The molecular weight excluding hydrogens is 585 g/mol. The van der Waals surface area contributed by atoms with E-state index in [-0.39, 0.29) is 5.82 Å². The number of fused-ring (bicyclic) bond motifs is 2. The summed E-state index contributed by atoms with van der Waals surface area (Å²) in [5.41, 5.74) is 10.2. The molecule has 6 aromatic rings. The summed E-state index contributed by atoms with van der Waals surface area (Å²) in [4.78, 5) is 10.3. The fourth-order valence-corrected chi connectivity index (χ4v) is 5.72. The molecule has 0 aliphatic heterocycles. The summed E-state index contributed by atoms with van der Waals surface area (Å²) < 4.78 is 14.8. The number of likely N-dealkylation sites (N-methyl/N-ethyl adjacent to an activating group) is 1. The van der Waals surface area contributed by atoms with Crippen molar-refractivity contribution in [2.75, 3.05) is 39.0 Å². The molecular formula is C39H40FN7. The molecule has 8 heteroatoms. The first-order chi connectivity index (χ1) is 22.9. The molecule has 4 N–H and O–H groups in total. The van der Waals surface area contributed by atoms with Gasteiger partial charge in [-0.1, -0.05) is 61.2 Å². The Balaban J connectivity index is 1.29. The fourth-order valence-electron chi connectivity index (χ4n) is 5.72. The van der Waals surface area contributed by atoms with E-state index in [1.165, 1.54) is 17.7 Å². The van der Waals surface area contributed by atoms with Gasteiger partial charge in [-0.05, 0) is 85.8 Å². The molecule has 7 nitrogen and oxygen atoms in total. The van der Waals surface area contributed by atoms with Crippen LogP contribution in [-0.2, 0) is 6.54 Å². The first-order valence-corrected chi connectivity index (χ1v) is 15.8. The Morgan fingerprint density at radius 2 is 1.79 bits per heavy atom. The van der Waals surface area contributed by atoms with Crippen molar-refractivity contribution in [2.24, 2.45) is 0 Å².